The van der Waals surface area contributed by atoms with Gasteiger partial charge in [0, 0.05) is 44.3 Å². The number of H-pyrrole nitrogens is 1. The molecule has 1 aliphatic heterocycles. The Bertz CT molecular complexity index is 1120. The van der Waals surface area contributed by atoms with Crippen LogP contribution in [0.15, 0.2) is 60.1 Å². The fourth-order valence-electron chi connectivity index (χ4n) is 3.80. The summed E-state index contributed by atoms with van der Waals surface area (Å²) in [4.78, 5) is 22.8. The van der Waals surface area contributed by atoms with E-state index in [0.717, 1.165) is 35.7 Å². The van der Waals surface area contributed by atoms with Crippen LogP contribution in [0.2, 0.25) is 0 Å². The number of aromatic nitrogens is 3. The first-order valence-corrected chi connectivity index (χ1v) is 10.6. The molecule has 1 aromatic carbocycles. The van der Waals surface area contributed by atoms with Crippen molar-refractivity contribution in [3.05, 3.63) is 71.4 Å². The van der Waals surface area contributed by atoms with Gasteiger partial charge in [0.25, 0.3) is 5.91 Å². The molecule has 1 amide bonds. The van der Waals surface area contributed by atoms with Crippen molar-refractivity contribution in [3.8, 4) is 10.6 Å². The lowest BCUT2D eigenvalue weighted by molar-refractivity contribution is 0.0623. The molecule has 0 atom stereocenters. The molecular formula is C22H21N5OS. The van der Waals surface area contributed by atoms with Crippen LogP contribution in [0.4, 0.5) is 0 Å². The van der Waals surface area contributed by atoms with Gasteiger partial charge in [0.1, 0.15) is 0 Å². The zero-order valence-corrected chi connectivity index (χ0v) is 16.7. The molecule has 29 heavy (non-hydrogen) atoms. The Kier molecular flexibility index (Phi) is 4.83. The SMILES string of the molecule is O=C(c1cc(-c2cccs2)[nH]n1)N1CCN(Cc2cccc3cccnc23)CC1. The minimum Gasteiger partial charge on any atom is -0.335 e. The maximum Gasteiger partial charge on any atom is 0.274 e. The lowest BCUT2D eigenvalue weighted by Crippen LogP contribution is -2.48. The third-order valence-corrected chi connectivity index (χ3v) is 6.26. The fraction of sp³-hybridized carbons (Fsp3) is 0.227. The molecule has 1 aliphatic rings. The lowest BCUT2D eigenvalue weighted by atomic mass is 10.1. The highest BCUT2D eigenvalue weighted by Gasteiger charge is 2.24. The molecule has 1 saturated heterocycles. The molecule has 1 fully saturated rings. The molecule has 4 heterocycles. The quantitative estimate of drug-likeness (QED) is 0.565. The van der Waals surface area contributed by atoms with Crippen molar-refractivity contribution >= 4 is 28.1 Å². The van der Waals surface area contributed by atoms with Crippen LogP contribution in [-0.2, 0) is 6.54 Å². The Morgan fingerprint density at radius 3 is 2.76 bits per heavy atom. The molecule has 0 unspecified atom stereocenters. The largest absolute Gasteiger partial charge is 0.335 e. The van der Waals surface area contributed by atoms with E-state index in [1.807, 2.05) is 40.7 Å². The van der Waals surface area contributed by atoms with E-state index in [9.17, 15) is 4.79 Å². The average molecular weight is 404 g/mol. The minimum absolute atomic E-state index is 0.00414. The maximum absolute atomic E-state index is 12.8. The van der Waals surface area contributed by atoms with Crippen LogP contribution in [-0.4, -0.2) is 57.1 Å². The Balaban J connectivity index is 1.23. The summed E-state index contributed by atoms with van der Waals surface area (Å²) in [7, 11) is 0. The molecular weight excluding hydrogens is 382 g/mol. The van der Waals surface area contributed by atoms with Crippen molar-refractivity contribution in [1.82, 2.24) is 25.0 Å². The summed E-state index contributed by atoms with van der Waals surface area (Å²) >= 11 is 1.63. The summed E-state index contributed by atoms with van der Waals surface area (Å²) in [6, 6.07) is 16.2. The van der Waals surface area contributed by atoms with Crippen molar-refractivity contribution in [2.75, 3.05) is 26.2 Å². The van der Waals surface area contributed by atoms with E-state index in [-0.39, 0.29) is 5.91 Å². The van der Waals surface area contributed by atoms with Gasteiger partial charge in [-0.25, -0.2) is 0 Å². The number of amides is 1. The number of piperazine rings is 1. The van der Waals surface area contributed by atoms with E-state index < -0.39 is 0 Å². The number of hydrogen-bond acceptors (Lipinski definition) is 5. The first-order valence-electron chi connectivity index (χ1n) is 9.71. The van der Waals surface area contributed by atoms with Gasteiger partial charge in [-0.15, -0.1) is 11.3 Å². The predicted molar refractivity (Wildman–Crippen MR) is 115 cm³/mol. The number of thiophene rings is 1. The number of benzene rings is 1. The Morgan fingerprint density at radius 2 is 1.93 bits per heavy atom. The normalized spacial score (nSPS) is 15.1. The van der Waals surface area contributed by atoms with Gasteiger partial charge in [-0.2, -0.15) is 5.10 Å². The van der Waals surface area contributed by atoms with Crippen molar-refractivity contribution in [2.24, 2.45) is 0 Å². The van der Waals surface area contributed by atoms with Gasteiger partial charge in [0.05, 0.1) is 16.1 Å². The van der Waals surface area contributed by atoms with Gasteiger partial charge in [-0.3, -0.25) is 19.8 Å². The highest BCUT2D eigenvalue weighted by atomic mass is 32.1. The zero-order chi connectivity index (χ0) is 19.6. The number of aromatic amines is 1. The predicted octanol–water partition coefficient (Wildman–Crippen LogP) is 3.64. The van der Waals surface area contributed by atoms with Gasteiger partial charge >= 0.3 is 0 Å². The van der Waals surface area contributed by atoms with Gasteiger partial charge < -0.3 is 4.90 Å². The summed E-state index contributed by atoms with van der Waals surface area (Å²) in [5, 5.41) is 10.4. The van der Waals surface area contributed by atoms with E-state index in [0.29, 0.717) is 18.8 Å². The zero-order valence-electron chi connectivity index (χ0n) is 15.9. The number of nitrogens with one attached hydrogen (secondary N) is 1. The second-order valence-electron chi connectivity index (χ2n) is 7.20. The molecule has 0 saturated carbocycles. The molecule has 6 nitrogen and oxygen atoms in total. The van der Waals surface area contributed by atoms with Gasteiger partial charge in [0.15, 0.2) is 5.69 Å². The maximum atomic E-state index is 12.8. The van der Waals surface area contributed by atoms with Crippen LogP contribution in [0, 0.1) is 0 Å². The summed E-state index contributed by atoms with van der Waals surface area (Å²) in [5.41, 5.74) is 3.67. The van der Waals surface area contributed by atoms with E-state index in [4.69, 9.17) is 0 Å². The molecule has 0 spiro atoms. The summed E-state index contributed by atoms with van der Waals surface area (Å²) < 4.78 is 0. The molecule has 0 radical (unpaired) electrons. The van der Waals surface area contributed by atoms with Crippen molar-refractivity contribution in [2.45, 2.75) is 6.54 Å². The standard InChI is InChI=1S/C22H21N5OS/c28-22(19-14-18(24-25-19)20-7-3-13-29-20)27-11-9-26(10-12-27)15-17-5-1-4-16-6-2-8-23-21(16)17/h1-8,13-14H,9-12,15H2,(H,24,25). The number of carbonyl (C=O) groups is 1. The lowest BCUT2D eigenvalue weighted by Gasteiger charge is -2.34. The average Bonchev–Trinajstić information content (AvgIpc) is 3.46. The van der Waals surface area contributed by atoms with Crippen LogP contribution in [0.1, 0.15) is 16.1 Å². The fourth-order valence-corrected chi connectivity index (χ4v) is 4.49. The molecule has 3 aromatic heterocycles. The molecule has 4 aromatic rings. The Hall–Kier alpha value is -3.03. The van der Waals surface area contributed by atoms with E-state index in [1.54, 1.807) is 11.3 Å². The number of fused-ring (bicyclic) bond motifs is 1. The third-order valence-electron chi connectivity index (χ3n) is 5.35. The first kappa shape index (κ1) is 18.0. The van der Waals surface area contributed by atoms with E-state index in [2.05, 4.69) is 44.3 Å². The summed E-state index contributed by atoms with van der Waals surface area (Å²) in [6.45, 7) is 3.95. The number of hydrogen-bond donors (Lipinski definition) is 1. The highest BCUT2D eigenvalue weighted by Crippen LogP contribution is 2.24. The van der Waals surface area contributed by atoms with Gasteiger partial charge in [-0.1, -0.05) is 30.3 Å². The molecule has 1 N–H and O–H groups in total. The minimum atomic E-state index is -0.00414. The van der Waals surface area contributed by atoms with Crippen LogP contribution in [0.3, 0.4) is 0 Å². The van der Waals surface area contributed by atoms with Gasteiger partial charge in [0.2, 0.25) is 0 Å². The van der Waals surface area contributed by atoms with Crippen molar-refractivity contribution in [3.63, 3.8) is 0 Å². The van der Waals surface area contributed by atoms with Crippen molar-refractivity contribution in [1.29, 1.82) is 0 Å². The Labute approximate surface area is 172 Å². The number of nitrogens with zero attached hydrogens (tertiary/aromatic N) is 4. The van der Waals surface area contributed by atoms with E-state index in [1.165, 1.54) is 10.9 Å². The Morgan fingerprint density at radius 1 is 1.07 bits per heavy atom. The number of carbonyl (C=O) groups excluding carboxylic acids is 1. The van der Waals surface area contributed by atoms with Crippen LogP contribution in [0.5, 0.6) is 0 Å². The third kappa shape index (κ3) is 3.66. The van der Waals surface area contributed by atoms with Crippen molar-refractivity contribution < 1.29 is 4.79 Å². The summed E-state index contributed by atoms with van der Waals surface area (Å²) in [5.74, 6) is -0.00414. The van der Waals surface area contributed by atoms with E-state index >= 15 is 0 Å². The molecule has 7 heteroatoms. The number of pyridine rings is 1. The van der Waals surface area contributed by atoms with Crippen LogP contribution in [0.25, 0.3) is 21.5 Å². The number of rotatable bonds is 4. The molecule has 0 aliphatic carbocycles. The van der Waals surface area contributed by atoms with Crippen LogP contribution < -0.4 is 0 Å². The molecule has 0 bridgehead atoms. The molecule has 146 valence electrons. The van der Waals surface area contributed by atoms with Crippen LogP contribution >= 0.6 is 11.3 Å². The molecule has 5 rings (SSSR count). The van der Waals surface area contributed by atoms with Gasteiger partial charge in [-0.05, 0) is 29.1 Å². The topological polar surface area (TPSA) is 65.1 Å². The first-order chi connectivity index (χ1) is 14.3. The number of para-hydroxylation sites is 1. The second-order valence-corrected chi connectivity index (χ2v) is 8.15. The smallest absolute Gasteiger partial charge is 0.274 e. The summed E-state index contributed by atoms with van der Waals surface area (Å²) in [6.07, 6.45) is 1.84. The second kappa shape index (κ2) is 7.77. The monoisotopic (exact) mass is 403 g/mol. The highest BCUT2D eigenvalue weighted by molar-refractivity contribution is 7.13.